The predicted molar refractivity (Wildman–Crippen MR) is 77.6 cm³/mol. The summed E-state index contributed by atoms with van der Waals surface area (Å²) in [7, 11) is -2.17. The van der Waals surface area contributed by atoms with Crippen LogP contribution in [-0.4, -0.2) is 58.0 Å². The molecule has 0 radical (unpaired) electrons. The van der Waals surface area contributed by atoms with Gasteiger partial charge in [0.15, 0.2) is 0 Å². The average molecular weight is 338 g/mol. The van der Waals surface area contributed by atoms with Gasteiger partial charge in [-0.1, -0.05) is 11.6 Å². The standard InChI is InChI=1S/C12H20ClN3O4S/c1-9-10(11(13)15(2)14-9)21(19,20)16-6-3-4-12(18,8-17)5-7-16/h17-18H,3-8H2,1-2H3/t12-/m1/s1. The maximum Gasteiger partial charge on any atom is 0.248 e. The summed E-state index contributed by atoms with van der Waals surface area (Å²) in [5.74, 6) is 0. The van der Waals surface area contributed by atoms with Gasteiger partial charge in [0.25, 0.3) is 0 Å². The average Bonchev–Trinajstić information content (AvgIpc) is 2.59. The molecule has 1 aromatic rings. The van der Waals surface area contributed by atoms with E-state index in [0.29, 0.717) is 18.5 Å². The number of nitrogens with zero attached hydrogens (tertiary/aromatic N) is 3. The van der Waals surface area contributed by atoms with Crippen molar-refractivity contribution in [2.45, 2.75) is 36.7 Å². The molecule has 1 saturated heterocycles. The number of aliphatic hydroxyl groups is 2. The molecule has 1 atom stereocenters. The van der Waals surface area contributed by atoms with Gasteiger partial charge in [-0.15, -0.1) is 0 Å². The van der Waals surface area contributed by atoms with Crippen molar-refractivity contribution in [2.24, 2.45) is 7.05 Å². The lowest BCUT2D eigenvalue weighted by Gasteiger charge is -2.24. The Morgan fingerprint density at radius 1 is 1.38 bits per heavy atom. The van der Waals surface area contributed by atoms with Crippen molar-refractivity contribution in [1.82, 2.24) is 14.1 Å². The van der Waals surface area contributed by atoms with Crippen LogP contribution >= 0.6 is 11.6 Å². The number of halogens is 1. The van der Waals surface area contributed by atoms with E-state index >= 15 is 0 Å². The number of rotatable bonds is 3. The normalized spacial score (nSPS) is 25.0. The lowest BCUT2D eigenvalue weighted by molar-refractivity contribution is -0.0243. The van der Waals surface area contributed by atoms with Crippen LogP contribution in [-0.2, 0) is 17.1 Å². The summed E-state index contributed by atoms with van der Waals surface area (Å²) in [5.41, 5.74) is -0.859. The van der Waals surface area contributed by atoms with Gasteiger partial charge in [0, 0.05) is 20.1 Å². The number of aromatic nitrogens is 2. The number of sulfonamides is 1. The second kappa shape index (κ2) is 5.85. The van der Waals surface area contributed by atoms with Crippen molar-refractivity contribution >= 4 is 21.6 Å². The first-order valence-electron chi connectivity index (χ1n) is 6.74. The van der Waals surface area contributed by atoms with Crippen molar-refractivity contribution in [2.75, 3.05) is 19.7 Å². The van der Waals surface area contributed by atoms with Crippen LogP contribution in [0, 0.1) is 6.92 Å². The van der Waals surface area contributed by atoms with E-state index < -0.39 is 15.6 Å². The molecule has 21 heavy (non-hydrogen) atoms. The quantitative estimate of drug-likeness (QED) is 0.826. The predicted octanol–water partition coefficient (Wildman–Crippen LogP) is 0.280. The van der Waals surface area contributed by atoms with Gasteiger partial charge < -0.3 is 10.2 Å². The molecule has 0 amide bonds. The molecule has 120 valence electrons. The van der Waals surface area contributed by atoms with Gasteiger partial charge in [0.1, 0.15) is 10.0 Å². The van der Waals surface area contributed by atoms with Crippen LogP contribution in [0.3, 0.4) is 0 Å². The zero-order valence-electron chi connectivity index (χ0n) is 12.1. The molecule has 7 nitrogen and oxygen atoms in total. The third kappa shape index (κ3) is 3.09. The van der Waals surface area contributed by atoms with E-state index in [1.165, 1.54) is 8.99 Å². The topological polar surface area (TPSA) is 95.7 Å². The highest BCUT2D eigenvalue weighted by molar-refractivity contribution is 7.89. The number of hydrogen-bond acceptors (Lipinski definition) is 5. The molecular formula is C12H20ClN3O4S. The first-order chi connectivity index (χ1) is 9.71. The van der Waals surface area contributed by atoms with E-state index in [4.69, 9.17) is 11.6 Å². The molecule has 0 bridgehead atoms. The molecule has 1 aliphatic heterocycles. The molecule has 1 fully saturated rings. The van der Waals surface area contributed by atoms with Crippen LogP contribution in [0.5, 0.6) is 0 Å². The Balaban J connectivity index is 2.32. The summed E-state index contributed by atoms with van der Waals surface area (Å²) in [6, 6.07) is 0. The second-order valence-corrected chi connectivity index (χ2v) is 7.70. The van der Waals surface area contributed by atoms with Crippen LogP contribution < -0.4 is 0 Å². The molecule has 1 aromatic heterocycles. The van der Waals surface area contributed by atoms with Crippen LogP contribution in [0.1, 0.15) is 25.0 Å². The maximum absolute atomic E-state index is 12.7. The Morgan fingerprint density at radius 2 is 2.05 bits per heavy atom. The van der Waals surface area contributed by atoms with Gasteiger partial charge in [-0.05, 0) is 26.2 Å². The summed E-state index contributed by atoms with van der Waals surface area (Å²) in [6.07, 6.45) is 1.04. The Kier molecular flexibility index (Phi) is 4.65. The third-order valence-corrected chi connectivity index (χ3v) is 6.46. The summed E-state index contributed by atoms with van der Waals surface area (Å²) < 4.78 is 28.1. The van der Waals surface area contributed by atoms with Gasteiger partial charge >= 0.3 is 0 Å². The van der Waals surface area contributed by atoms with Crippen molar-refractivity contribution in [3.63, 3.8) is 0 Å². The highest BCUT2D eigenvalue weighted by Gasteiger charge is 2.36. The minimum absolute atomic E-state index is 0.0149. The number of aliphatic hydroxyl groups excluding tert-OH is 1. The zero-order chi connectivity index (χ0) is 15.8. The first-order valence-corrected chi connectivity index (χ1v) is 8.55. The molecule has 0 unspecified atom stereocenters. The van der Waals surface area contributed by atoms with E-state index in [2.05, 4.69) is 5.10 Å². The fraction of sp³-hybridized carbons (Fsp3) is 0.750. The van der Waals surface area contributed by atoms with E-state index in [-0.39, 0.29) is 36.2 Å². The van der Waals surface area contributed by atoms with Crippen molar-refractivity contribution in [3.8, 4) is 0 Å². The van der Waals surface area contributed by atoms with Gasteiger partial charge in [-0.3, -0.25) is 4.68 Å². The lowest BCUT2D eigenvalue weighted by atomic mass is 9.96. The minimum Gasteiger partial charge on any atom is -0.393 e. The van der Waals surface area contributed by atoms with E-state index in [1.807, 2.05) is 0 Å². The molecule has 0 aliphatic carbocycles. The van der Waals surface area contributed by atoms with Crippen molar-refractivity contribution < 1.29 is 18.6 Å². The SMILES string of the molecule is Cc1nn(C)c(Cl)c1S(=O)(=O)N1CCC[C@](O)(CO)CC1. The lowest BCUT2D eigenvalue weighted by Crippen LogP contribution is -2.36. The van der Waals surface area contributed by atoms with E-state index in [0.717, 1.165) is 0 Å². The Morgan fingerprint density at radius 3 is 2.57 bits per heavy atom. The molecular weight excluding hydrogens is 318 g/mol. The first kappa shape index (κ1) is 16.7. The van der Waals surface area contributed by atoms with E-state index in [9.17, 15) is 18.6 Å². The van der Waals surface area contributed by atoms with Crippen molar-refractivity contribution in [1.29, 1.82) is 0 Å². The summed E-state index contributed by atoms with van der Waals surface area (Å²) in [4.78, 5) is 0.0149. The highest BCUT2D eigenvalue weighted by atomic mass is 35.5. The molecule has 0 saturated carbocycles. The second-order valence-electron chi connectivity index (χ2n) is 5.47. The fourth-order valence-corrected chi connectivity index (χ4v) is 4.77. The van der Waals surface area contributed by atoms with Gasteiger partial charge in [0.05, 0.1) is 17.9 Å². The smallest absolute Gasteiger partial charge is 0.248 e. The van der Waals surface area contributed by atoms with Crippen LogP contribution in [0.25, 0.3) is 0 Å². The number of hydrogen-bond donors (Lipinski definition) is 2. The maximum atomic E-state index is 12.7. The van der Waals surface area contributed by atoms with Crippen LogP contribution in [0.2, 0.25) is 5.15 Å². The third-order valence-electron chi connectivity index (χ3n) is 3.87. The minimum atomic E-state index is -3.76. The molecule has 1 aliphatic rings. The Hall–Kier alpha value is -0.670. The molecule has 9 heteroatoms. The van der Waals surface area contributed by atoms with E-state index in [1.54, 1.807) is 14.0 Å². The van der Waals surface area contributed by atoms with Gasteiger partial charge in [0.2, 0.25) is 10.0 Å². The molecule has 2 N–H and O–H groups in total. The Bertz CT molecular complexity index is 631. The monoisotopic (exact) mass is 337 g/mol. The van der Waals surface area contributed by atoms with Gasteiger partial charge in [-0.25, -0.2) is 8.42 Å². The van der Waals surface area contributed by atoms with Gasteiger partial charge in [-0.2, -0.15) is 9.40 Å². The zero-order valence-corrected chi connectivity index (χ0v) is 13.7. The van der Waals surface area contributed by atoms with Crippen LogP contribution in [0.4, 0.5) is 0 Å². The fourth-order valence-electron chi connectivity index (χ4n) is 2.59. The molecule has 2 rings (SSSR count). The summed E-state index contributed by atoms with van der Waals surface area (Å²) in [6.45, 7) is 1.66. The number of aryl methyl sites for hydroxylation is 2. The summed E-state index contributed by atoms with van der Waals surface area (Å²) in [5, 5.41) is 23.4. The molecule has 0 spiro atoms. The van der Waals surface area contributed by atoms with Crippen LogP contribution in [0.15, 0.2) is 4.90 Å². The highest BCUT2D eigenvalue weighted by Crippen LogP contribution is 2.30. The Labute approximate surface area is 129 Å². The molecule has 0 aromatic carbocycles. The molecule has 2 heterocycles. The summed E-state index contributed by atoms with van der Waals surface area (Å²) >= 11 is 6.05. The van der Waals surface area contributed by atoms with Crippen molar-refractivity contribution in [3.05, 3.63) is 10.8 Å². The largest absolute Gasteiger partial charge is 0.393 e.